The third kappa shape index (κ3) is 7.02. The molecule has 4 fully saturated rings. The number of methoxy groups -OCH3 is 1. The van der Waals surface area contributed by atoms with Gasteiger partial charge in [-0.05, 0) is 109 Å². The zero-order valence-electron chi connectivity index (χ0n) is 30.1. The summed E-state index contributed by atoms with van der Waals surface area (Å²) in [6, 6.07) is 21.0. The van der Waals surface area contributed by atoms with Crippen molar-refractivity contribution in [3.05, 3.63) is 99.9 Å². The lowest BCUT2D eigenvalue weighted by Gasteiger charge is -2.61. The second kappa shape index (κ2) is 14.2. The number of hydrogen-bond acceptors (Lipinski definition) is 5. The van der Waals surface area contributed by atoms with Crippen LogP contribution >= 0.6 is 0 Å². The molecule has 0 radical (unpaired) electrons. The van der Waals surface area contributed by atoms with E-state index in [1.165, 1.54) is 18.6 Å². The van der Waals surface area contributed by atoms with E-state index in [1.807, 2.05) is 30.3 Å². The van der Waals surface area contributed by atoms with E-state index in [0.29, 0.717) is 53.6 Å². The molecule has 3 aromatic carbocycles. The summed E-state index contributed by atoms with van der Waals surface area (Å²) in [6.45, 7) is 12.6. The largest absolute Gasteiger partial charge is 0.497 e. The Kier molecular flexibility index (Phi) is 9.70. The van der Waals surface area contributed by atoms with Gasteiger partial charge in [-0.3, -0.25) is 9.36 Å². The number of hydrogen-bond donors (Lipinski definition) is 2. The highest BCUT2D eigenvalue weighted by Gasteiger charge is 2.56. The first-order valence-electron chi connectivity index (χ1n) is 18.3. The summed E-state index contributed by atoms with van der Waals surface area (Å²) in [6.07, 6.45) is 4.39. The van der Waals surface area contributed by atoms with Gasteiger partial charge in [-0.15, -0.1) is 0 Å². The lowest BCUT2D eigenvalue weighted by atomic mass is 9.45. The molecule has 3 aliphatic carbocycles. The molecule has 0 unspecified atom stereocenters. The molecular weight excluding hydrogens is 627 g/mol. The third-order valence-electron chi connectivity index (χ3n) is 11.9. The van der Waals surface area contributed by atoms with E-state index in [0.717, 1.165) is 72.7 Å². The average molecular weight is 679 g/mol. The van der Waals surface area contributed by atoms with Gasteiger partial charge >= 0.3 is 0 Å². The molecule has 2 heterocycles. The molecule has 2 bridgehead atoms. The molecule has 0 spiro atoms. The van der Waals surface area contributed by atoms with Crippen LogP contribution in [0, 0.1) is 29.0 Å². The van der Waals surface area contributed by atoms with Gasteiger partial charge in [-0.25, -0.2) is 14.4 Å². The quantitative estimate of drug-likeness (QED) is 0.151. The molecule has 4 aromatic rings. The maximum Gasteiger partial charge on any atom is 0.261 e. The van der Waals surface area contributed by atoms with Crippen molar-refractivity contribution in [2.24, 2.45) is 28.2 Å². The average Bonchev–Trinajstić information content (AvgIpc) is 3.11. The van der Waals surface area contributed by atoms with E-state index >= 15 is 0 Å². The zero-order chi connectivity index (χ0) is 35.0. The van der Waals surface area contributed by atoms with Crippen molar-refractivity contribution in [2.45, 2.75) is 78.4 Å². The second-order valence-corrected chi connectivity index (χ2v) is 15.3. The molecule has 264 valence electrons. The number of nitrogens with one attached hydrogen (secondary N) is 2. The number of aliphatic imine (C=N–C) groups is 1. The Morgan fingerprint density at radius 2 is 1.76 bits per heavy atom. The number of rotatable bonds is 9. The van der Waals surface area contributed by atoms with Crippen molar-refractivity contribution >= 4 is 22.5 Å². The molecule has 1 aromatic heterocycles. The highest BCUT2D eigenvalue weighted by Crippen LogP contribution is 2.61. The third-order valence-corrected chi connectivity index (χ3v) is 11.9. The van der Waals surface area contributed by atoms with Crippen LogP contribution in [0.25, 0.3) is 10.9 Å². The molecule has 5 atom stereocenters. The van der Waals surface area contributed by atoms with E-state index in [1.54, 1.807) is 23.8 Å². The Bertz CT molecular complexity index is 1900. The predicted octanol–water partition coefficient (Wildman–Crippen LogP) is 6.70. The minimum Gasteiger partial charge on any atom is -0.497 e. The Morgan fingerprint density at radius 3 is 2.46 bits per heavy atom. The Balaban J connectivity index is 1.20. The standard InChI is InChI=1S/C41H51FN6O2/c1-26-25-47(21-19-43-26)40(46-36-23-30-22-35(27(36)2)41(30,3)4)44-32-13-16-34-37(24-32)45-38(17-10-28-8-14-33(50-5)15-9-28)48(39(34)49)20-18-29-6-11-31(42)12-7-29/h6-9,11-16,24,26-27,30,35-36,43H,10,17-23,25H2,1-5H3,(H,44,46)/t26-,27-,30+,35-,36-/m0/s1. The van der Waals surface area contributed by atoms with Crippen molar-refractivity contribution in [3.63, 3.8) is 0 Å². The molecule has 3 saturated carbocycles. The van der Waals surface area contributed by atoms with Gasteiger partial charge in [0, 0.05) is 44.3 Å². The summed E-state index contributed by atoms with van der Waals surface area (Å²) in [5.74, 6) is 4.17. The highest BCUT2D eigenvalue weighted by atomic mass is 19.1. The number of guanidine groups is 1. The molecule has 50 heavy (non-hydrogen) atoms. The van der Waals surface area contributed by atoms with Crippen molar-refractivity contribution in [2.75, 3.05) is 32.1 Å². The van der Waals surface area contributed by atoms with Gasteiger partial charge in [0.25, 0.3) is 5.56 Å². The molecule has 4 aliphatic rings. The van der Waals surface area contributed by atoms with Crippen LogP contribution in [-0.2, 0) is 25.8 Å². The molecular formula is C41H51FN6O2. The fraction of sp³-hybridized carbons (Fsp3) is 0.488. The zero-order valence-corrected chi connectivity index (χ0v) is 30.1. The Hall–Kier alpha value is -4.24. The number of aromatic nitrogens is 2. The van der Waals surface area contributed by atoms with Crippen molar-refractivity contribution in [1.29, 1.82) is 0 Å². The van der Waals surface area contributed by atoms with Gasteiger partial charge < -0.3 is 20.3 Å². The first-order chi connectivity index (χ1) is 24.1. The highest BCUT2D eigenvalue weighted by molar-refractivity contribution is 5.96. The maximum absolute atomic E-state index is 14.1. The van der Waals surface area contributed by atoms with Crippen LogP contribution in [0.1, 0.15) is 57.5 Å². The number of piperazine rings is 1. The summed E-state index contributed by atoms with van der Waals surface area (Å²) in [5, 5.41) is 7.86. The monoisotopic (exact) mass is 678 g/mol. The van der Waals surface area contributed by atoms with Crippen LogP contribution in [0.15, 0.2) is 76.5 Å². The molecule has 0 amide bonds. The van der Waals surface area contributed by atoms with Gasteiger partial charge in [0.2, 0.25) is 0 Å². The van der Waals surface area contributed by atoms with Crippen LogP contribution in [0.5, 0.6) is 5.75 Å². The maximum atomic E-state index is 14.1. The molecule has 1 saturated heterocycles. The first kappa shape index (κ1) is 34.2. The minimum absolute atomic E-state index is 0.0592. The normalized spacial score (nSPS) is 24.6. The number of aryl methyl sites for hydroxylation is 3. The van der Waals surface area contributed by atoms with Crippen molar-refractivity contribution < 1.29 is 9.13 Å². The van der Waals surface area contributed by atoms with E-state index in [-0.39, 0.29) is 17.4 Å². The fourth-order valence-corrected chi connectivity index (χ4v) is 8.60. The summed E-state index contributed by atoms with van der Waals surface area (Å²) < 4.78 is 20.7. The topological polar surface area (TPSA) is 83.8 Å². The first-order valence-corrected chi connectivity index (χ1v) is 18.3. The summed E-state index contributed by atoms with van der Waals surface area (Å²) >= 11 is 0. The summed E-state index contributed by atoms with van der Waals surface area (Å²) in [4.78, 5) is 27.1. The van der Waals surface area contributed by atoms with Crippen molar-refractivity contribution in [3.8, 4) is 5.75 Å². The van der Waals surface area contributed by atoms with Crippen LogP contribution in [0.2, 0.25) is 0 Å². The molecule has 9 heteroatoms. The van der Waals surface area contributed by atoms with E-state index in [4.69, 9.17) is 14.7 Å². The number of benzene rings is 3. The lowest BCUT2D eigenvalue weighted by molar-refractivity contribution is -0.108. The van der Waals surface area contributed by atoms with Gasteiger partial charge in [-0.1, -0.05) is 45.0 Å². The second-order valence-electron chi connectivity index (χ2n) is 15.3. The van der Waals surface area contributed by atoms with Crippen LogP contribution < -0.4 is 20.9 Å². The van der Waals surface area contributed by atoms with Gasteiger partial charge in [0.1, 0.15) is 17.4 Å². The van der Waals surface area contributed by atoms with Crippen LogP contribution in [-0.4, -0.2) is 59.2 Å². The SMILES string of the molecule is COc1ccc(CCc2nc3cc(NC(=N[C@H]4C[C@H]5C[C@@H]([C@@H]4C)C5(C)C)N4CCN[C@@H](C)C4)ccc3c(=O)n2CCc2ccc(F)cc2)cc1. The van der Waals surface area contributed by atoms with Crippen LogP contribution in [0.4, 0.5) is 10.1 Å². The Labute approximate surface area is 295 Å². The van der Waals surface area contributed by atoms with E-state index < -0.39 is 0 Å². The lowest BCUT2D eigenvalue weighted by Crippen LogP contribution is -2.57. The molecule has 8 nitrogen and oxygen atoms in total. The van der Waals surface area contributed by atoms with Gasteiger partial charge in [-0.2, -0.15) is 0 Å². The van der Waals surface area contributed by atoms with Gasteiger partial charge in [0.05, 0.1) is 24.1 Å². The number of ether oxygens (including phenoxy) is 1. The van der Waals surface area contributed by atoms with E-state index in [2.05, 4.69) is 55.4 Å². The fourth-order valence-electron chi connectivity index (χ4n) is 8.60. The summed E-state index contributed by atoms with van der Waals surface area (Å²) in [5.41, 5.74) is 4.02. The molecule has 1 aliphatic heterocycles. The minimum atomic E-state index is -0.267. The predicted molar refractivity (Wildman–Crippen MR) is 200 cm³/mol. The summed E-state index contributed by atoms with van der Waals surface area (Å²) in [7, 11) is 1.66. The number of nitrogens with zero attached hydrogens (tertiary/aromatic N) is 4. The van der Waals surface area contributed by atoms with Gasteiger partial charge in [0.15, 0.2) is 5.96 Å². The van der Waals surface area contributed by atoms with Crippen molar-refractivity contribution in [1.82, 2.24) is 19.8 Å². The number of anilines is 1. The molecule has 8 rings (SSSR count). The van der Waals surface area contributed by atoms with E-state index in [9.17, 15) is 9.18 Å². The number of fused-ring (bicyclic) bond motifs is 3. The molecule has 2 N–H and O–H groups in total. The van der Waals surface area contributed by atoms with Crippen LogP contribution in [0.3, 0.4) is 0 Å². The number of halogens is 1. The smallest absolute Gasteiger partial charge is 0.261 e. The Morgan fingerprint density at radius 1 is 1.02 bits per heavy atom.